The van der Waals surface area contributed by atoms with Gasteiger partial charge in [0.05, 0.1) is 11.9 Å². The number of dihydropyridines is 1. The summed E-state index contributed by atoms with van der Waals surface area (Å²) >= 11 is 1.70. The van der Waals surface area contributed by atoms with Crippen LogP contribution in [0.3, 0.4) is 0 Å². The Morgan fingerprint density at radius 1 is 1.14 bits per heavy atom. The second kappa shape index (κ2) is 8.78. The lowest BCUT2D eigenvalue weighted by Gasteiger charge is -2.28. The molecule has 0 amide bonds. The van der Waals surface area contributed by atoms with E-state index in [1.807, 2.05) is 30.6 Å². The van der Waals surface area contributed by atoms with Gasteiger partial charge in [-0.3, -0.25) is 9.36 Å². The largest absolute Gasteiger partial charge is 0.369 e. The number of allylic oxidation sites excluding steroid dienone is 2. The molecule has 7 heteroatoms. The van der Waals surface area contributed by atoms with Crippen molar-refractivity contribution in [2.45, 2.75) is 49.2 Å². The van der Waals surface area contributed by atoms with E-state index >= 15 is 0 Å². The number of hydrogen-bond acceptors (Lipinski definition) is 6. The van der Waals surface area contributed by atoms with Gasteiger partial charge in [0, 0.05) is 41.1 Å². The Morgan fingerprint density at radius 2 is 1.97 bits per heavy atom. The Morgan fingerprint density at radius 3 is 2.66 bits per heavy atom. The predicted octanol–water partition coefficient (Wildman–Crippen LogP) is 3.26. The van der Waals surface area contributed by atoms with E-state index in [1.165, 1.54) is 4.90 Å². The van der Waals surface area contributed by atoms with Crippen molar-refractivity contribution in [2.24, 2.45) is 0 Å². The predicted molar refractivity (Wildman–Crippen MR) is 120 cm³/mol. The van der Waals surface area contributed by atoms with Crippen molar-refractivity contribution in [2.75, 3.05) is 11.6 Å². The minimum absolute atomic E-state index is 0.0129. The SMILES string of the molecule is CSc1ccc(N[C@H]2CC[C@H](NC3=CC=C(n4ccccc4=O)C(C)N3)C2)nc1. The molecule has 1 unspecified atom stereocenters. The minimum Gasteiger partial charge on any atom is -0.369 e. The van der Waals surface area contributed by atoms with Gasteiger partial charge in [0.2, 0.25) is 0 Å². The molecule has 1 aliphatic carbocycles. The van der Waals surface area contributed by atoms with Gasteiger partial charge in [-0.25, -0.2) is 4.98 Å². The second-order valence-electron chi connectivity index (χ2n) is 7.53. The summed E-state index contributed by atoms with van der Waals surface area (Å²) in [4.78, 5) is 17.8. The number of nitrogens with one attached hydrogen (secondary N) is 3. The van der Waals surface area contributed by atoms with Crippen molar-refractivity contribution in [3.05, 3.63) is 71.1 Å². The number of hydrogen-bond donors (Lipinski definition) is 3. The smallest absolute Gasteiger partial charge is 0.254 e. The van der Waals surface area contributed by atoms with Crippen molar-refractivity contribution in [3.8, 4) is 0 Å². The average Bonchev–Trinajstić information content (AvgIpc) is 3.16. The van der Waals surface area contributed by atoms with Crippen molar-refractivity contribution in [1.29, 1.82) is 0 Å². The van der Waals surface area contributed by atoms with E-state index in [1.54, 1.807) is 28.5 Å². The molecule has 2 aromatic heterocycles. The molecule has 0 saturated heterocycles. The van der Waals surface area contributed by atoms with Gasteiger partial charge in [-0.05, 0) is 62.8 Å². The summed E-state index contributed by atoms with van der Waals surface area (Å²) in [5, 5.41) is 10.7. The molecule has 0 spiro atoms. The molecule has 152 valence electrons. The first kappa shape index (κ1) is 19.6. The van der Waals surface area contributed by atoms with E-state index in [-0.39, 0.29) is 11.6 Å². The molecule has 4 rings (SSSR count). The topological polar surface area (TPSA) is 71.0 Å². The van der Waals surface area contributed by atoms with Crippen molar-refractivity contribution < 1.29 is 0 Å². The summed E-state index contributed by atoms with van der Waals surface area (Å²) in [5.41, 5.74) is 0.938. The quantitative estimate of drug-likeness (QED) is 0.636. The van der Waals surface area contributed by atoms with Crippen LogP contribution in [0, 0.1) is 0 Å². The molecule has 2 aromatic rings. The standard InChI is InChI=1S/C22H27N5OS/c1-15-19(27-12-4-3-5-22(27)28)9-11-21(24-15)26-17-7-6-16(13-17)25-20-10-8-18(29-2)14-23-20/h3-5,8-12,14-17,24,26H,6-7,13H2,1-2H3,(H,23,25)/t15?,16-,17-/m0/s1. The first-order valence-electron chi connectivity index (χ1n) is 10.0. The Hall–Kier alpha value is -2.67. The fourth-order valence-corrected chi connectivity index (χ4v) is 4.31. The molecule has 3 heterocycles. The summed E-state index contributed by atoms with van der Waals surface area (Å²) in [6.45, 7) is 2.07. The molecule has 1 aliphatic heterocycles. The number of anilines is 1. The van der Waals surface area contributed by atoms with E-state index in [2.05, 4.69) is 46.2 Å². The van der Waals surface area contributed by atoms with Crippen molar-refractivity contribution >= 4 is 23.3 Å². The molecule has 0 radical (unpaired) electrons. The number of pyridine rings is 2. The monoisotopic (exact) mass is 409 g/mol. The molecule has 3 N–H and O–H groups in total. The first-order valence-corrected chi connectivity index (χ1v) is 11.2. The normalized spacial score (nSPS) is 23.7. The molecule has 0 bridgehead atoms. The third kappa shape index (κ3) is 4.67. The molecule has 2 aliphatic rings. The van der Waals surface area contributed by atoms with Crippen LogP contribution in [0.15, 0.2) is 70.4 Å². The Balaban J connectivity index is 1.35. The van der Waals surface area contributed by atoms with Gasteiger partial charge in [0.1, 0.15) is 5.82 Å². The highest BCUT2D eigenvalue weighted by molar-refractivity contribution is 7.98. The first-order chi connectivity index (χ1) is 14.1. The van der Waals surface area contributed by atoms with E-state index in [0.717, 1.165) is 36.6 Å². The maximum atomic E-state index is 12.1. The molecule has 1 saturated carbocycles. The van der Waals surface area contributed by atoms with Gasteiger partial charge >= 0.3 is 0 Å². The van der Waals surface area contributed by atoms with Gasteiger partial charge in [-0.15, -0.1) is 11.8 Å². The van der Waals surface area contributed by atoms with Gasteiger partial charge in [0.15, 0.2) is 0 Å². The lowest BCUT2D eigenvalue weighted by Crippen LogP contribution is -2.41. The summed E-state index contributed by atoms with van der Waals surface area (Å²) in [6.07, 6.45) is 13.1. The maximum Gasteiger partial charge on any atom is 0.254 e. The van der Waals surface area contributed by atoms with Crippen LogP contribution in [-0.2, 0) is 0 Å². The average molecular weight is 410 g/mol. The van der Waals surface area contributed by atoms with E-state index < -0.39 is 0 Å². The Labute approximate surface area is 175 Å². The fourth-order valence-electron chi connectivity index (χ4n) is 3.95. The van der Waals surface area contributed by atoms with E-state index in [0.29, 0.717) is 12.1 Å². The molecule has 3 atom stereocenters. The molecule has 1 fully saturated rings. The highest BCUT2D eigenvalue weighted by Crippen LogP contribution is 2.24. The lowest BCUT2D eigenvalue weighted by atomic mass is 10.1. The van der Waals surface area contributed by atoms with Crippen LogP contribution in [0.25, 0.3) is 5.70 Å². The molecular weight excluding hydrogens is 382 g/mol. The summed E-state index contributed by atoms with van der Waals surface area (Å²) in [6, 6.07) is 10.3. The Kier molecular flexibility index (Phi) is 5.94. The van der Waals surface area contributed by atoms with Crippen LogP contribution in [0.5, 0.6) is 0 Å². The number of thioether (sulfide) groups is 1. The number of aromatic nitrogens is 2. The van der Waals surface area contributed by atoms with Crippen LogP contribution < -0.4 is 21.5 Å². The zero-order valence-corrected chi connectivity index (χ0v) is 17.6. The number of nitrogens with zero attached hydrogens (tertiary/aromatic N) is 2. The third-order valence-corrected chi connectivity index (χ3v) is 6.17. The zero-order valence-electron chi connectivity index (χ0n) is 16.8. The van der Waals surface area contributed by atoms with Gasteiger partial charge in [-0.1, -0.05) is 6.07 Å². The molecule has 29 heavy (non-hydrogen) atoms. The van der Waals surface area contributed by atoms with Crippen LogP contribution in [0.1, 0.15) is 26.2 Å². The minimum atomic E-state index is -0.0129. The molecule has 0 aromatic carbocycles. The molecule has 6 nitrogen and oxygen atoms in total. The highest BCUT2D eigenvalue weighted by Gasteiger charge is 2.26. The number of rotatable bonds is 6. The van der Waals surface area contributed by atoms with E-state index in [4.69, 9.17) is 0 Å². The van der Waals surface area contributed by atoms with Crippen molar-refractivity contribution in [1.82, 2.24) is 20.2 Å². The fraction of sp³-hybridized carbons (Fsp3) is 0.364. The van der Waals surface area contributed by atoms with Crippen LogP contribution in [-0.4, -0.2) is 33.9 Å². The third-order valence-electron chi connectivity index (χ3n) is 5.45. The van der Waals surface area contributed by atoms with E-state index in [9.17, 15) is 4.79 Å². The Bertz CT molecular complexity index is 966. The maximum absolute atomic E-state index is 12.1. The van der Waals surface area contributed by atoms with Gasteiger partial charge < -0.3 is 16.0 Å². The summed E-state index contributed by atoms with van der Waals surface area (Å²) in [5.74, 6) is 1.95. The van der Waals surface area contributed by atoms with Crippen LogP contribution >= 0.6 is 11.8 Å². The van der Waals surface area contributed by atoms with Crippen LogP contribution in [0.2, 0.25) is 0 Å². The zero-order chi connectivity index (χ0) is 20.2. The van der Waals surface area contributed by atoms with Crippen molar-refractivity contribution in [3.63, 3.8) is 0 Å². The summed E-state index contributed by atoms with van der Waals surface area (Å²) in [7, 11) is 0. The lowest BCUT2D eigenvalue weighted by molar-refractivity contribution is 0.529. The van der Waals surface area contributed by atoms with Gasteiger partial charge in [0.25, 0.3) is 5.56 Å². The highest BCUT2D eigenvalue weighted by atomic mass is 32.2. The second-order valence-corrected chi connectivity index (χ2v) is 8.41. The summed E-state index contributed by atoms with van der Waals surface area (Å²) < 4.78 is 1.69. The van der Waals surface area contributed by atoms with Crippen LogP contribution in [0.4, 0.5) is 5.82 Å². The van der Waals surface area contributed by atoms with Gasteiger partial charge in [-0.2, -0.15) is 0 Å². The molecular formula is C22H27N5OS.